The van der Waals surface area contributed by atoms with Crippen LogP contribution in [-0.2, 0) is 0 Å². The molecule has 39 heavy (non-hydrogen) atoms. The zero-order chi connectivity index (χ0) is 28.3. The molecule has 2 nitrogen and oxygen atoms in total. The first-order valence-corrected chi connectivity index (χ1v) is 17.2. The molecule has 0 unspecified atom stereocenters. The van der Waals surface area contributed by atoms with Gasteiger partial charge in [0, 0.05) is 0 Å². The van der Waals surface area contributed by atoms with E-state index in [2.05, 4.69) is 116 Å². The first-order chi connectivity index (χ1) is 17.9. The average Bonchev–Trinajstić information content (AvgIpc) is 3.09. The van der Waals surface area contributed by atoms with Gasteiger partial charge in [-0.2, -0.15) is 8.41 Å². The molecule has 1 aromatic heterocycles. The van der Waals surface area contributed by atoms with E-state index >= 15 is 0 Å². The van der Waals surface area contributed by atoms with Crippen molar-refractivity contribution in [2.24, 2.45) is 0 Å². The summed E-state index contributed by atoms with van der Waals surface area (Å²) in [6, 6.07) is 22.5. The van der Waals surface area contributed by atoms with Gasteiger partial charge in [0.2, 0.25) is 0 Å². The Morgan fingerprint density at radius 3 is 1.21 bits per heavy atom. The minimum absolute atomic E-state index is 0. The summed E-state index contributed by atoms with van der Waals surface area (Å²) in [7, 11) is 0. The van der Waals surface area contributed by atoms with Gasteiger partial charge in [0.1, 0.15) is 0 Å². The molecule has 0 aliphatic heterocycles. The van der Waals surface area contributed by atoms with E-state index in [1.807, 2.05) is 36.4 Å². The smallest absolute Gasteiger partial charge is 0.0623 e. The summed E-state index contributed by atoms with van der Waals surface area (Å²) in [5.41, 5.74) is 11.4. The van der Waals surface area contributed by atoms with Gasteiger partial charge in [-0.05, 0) is 0 Å². The van der Waals surface area contributed by atoms with Gasteiger partial charge in [-0.25, -0.2) is 0 Å². The van der Waals surface area contributed by atoms with E-state index < -0.39 is 14.3 Å². The predicted octanol–water partition coefficient (Wildman–Crippen LogP) is 5.42. The van der Waals surface area contributed by atoms with Crippen molar-refractivity contribution < 1.29 is 4.57 Å². The molecule has 4 rings (SSSR count). The molecule has 0 bridgehead atoms. The van der Waals surface area contributed by atoms with Crippen LogP contribution in [0.5, 0.6) is 0 Å². The van der Waals surface area contributed by atoms with Gasteiger partial charge in [0.25, 0.3) is 0 Å². The molecule has 0 aliphatic carbocycles. The van der Waals surface area contributed by atoms with Crippen LogP contribution in [0.15, 0.2) is 60.7 Å². The third kappa shape index (κ3) is 6.98. The van der Waals surface area contributed by atoms with E-state index in [-0.39, 0.29) is 8.41 Å². The molecule has 0 fully saturated rings. The zero-order valence-corrected chi connectivity index (χ0v) is 27.9. The van der Waals surface area contributed by atoms with Crippen LogP contribution < -0.4 is 18.0 Å². The first-order valence-electron chi connectivity index (χ1n) is 14.0. The molecule has 2 radical (unpaired) electrons. The Morgan fingerprint density at radius 2 is 0.923 bits per heavy atom. The van der Waals surface area contributed by atoms with Crippen molar-refractivity contribution in [2.45, 2.75) is 95.2 Å². The van der Waals surface area contributed by atoms with Crippen molar-refractivity contribution >= 4 is 36.2 Å². The van der Waals surface area contributed by atoms with Gasteiger partial charge < -0.3 is 0 Å². The van der Waals surface area contributed by atoms with E-state index in [1.54, 1.807) is 13.4 Å². The van der Waals surface area contributed by atoms with Crippen LogP contribution in [0.2, 0.25) is 0 Å². The fraction of sp³-hybridized carbons (Fsp3) is 0.400. The number of aryl methyl sites for hydroxylation is 6. The summed E-state index contributed by atoms with van der Waals surface area (Å²) < 4.78 is 10.2. The molecule has 0 saturated heterocycles. The Labute approximate surface area is 245 Å². The Bertz CT molecular complexity index is 1240. The van der Waals surface area contributed by atoms with E-state index in [9.17, 15) is 0 Å². The normalized spacial score (nSPS) is 11.1. The SMILES string of the molecule is Cc1cc(C)[c]([Ge]([c]2c(C)cc(C)cc2C)[c]2n(C(C)C)c(C)c(C)[n+]2C(C)C)c(C)c1.[BH3-].c1ccccc1. The quantitative estimate of drug-likeness (QED) is 0.219. The largest absolute Gasteiger partial charge is 0.187 e. The Kier molecular flexibility index (Phi) is 11.5. The van der Waals surface area contributed by atoms with Crippen molar-refractivity contribution in [2.75, 3.05) is 0 Å². The molecule has 1 heterocycles. The maximum Gasteiger partial charge on any atom is -0.0623 e. The molecule has 0 N–H and O–H groups in total. The van der Waals surface area contributed by atoms with Gasteiger partial charge in [0.05, 0.1) is 0 Å². The van der Waals surface area contributed by atoms with E-state index in [1.165, 1.54) is 44.8 Å². The first kappa shape index (κ1) is 32.7. The van der Waals surface area contributed by atoms with E-state index in [0.717, 1.165) is 0 Å². The van der Waals surface area contributed by atoms with Gasteiger partial charge in [0.15, 0.2) is 0 Å². The molecular weight excluding hydrogens is 532 g/mol. The number of benzene rings is 3. The summed E-state index contributed by atoms with van der Waals surface area (Å²) in [5, 5.41) is 0. The van der Waals surface area contributed by atoms with Gasteiger partial charge in [-0.1, -0.05) is 36.4 Å². The molecule has 0 saturated carbocycles. The second-order valence-electron chi connectivity index (χ2n) is 11.5. The van der Waals surface area contributed by atoms with Crippen LogP contribution in [0.4, 0.5) is 0 Å². The van der Waals surface area contributed by atoms with Gasteiger partial charge >= 0.3 is 201 Å². The fourth-order valence-electron chi connectivity index (χ4n) is 6.17. The summed E-state index contributed by atoms with van der Waals surface area (Å²) in [4.78, 5) is 0. The van der Waals surface area contributed by atoms with Crippen molar-refractivity contribution in [1.29, 1.82) is 0 Å². The molecule has 4 heteroatoms. The van der Waals surface area contributed by atoms with E-state index in [0.29, 0.717) is 12.1 Å². The summed E-state index contributed by atoms with van der Waals surface area (Å²) >= 11 is -2.17. The Balaban J connectivity index is 0.000000672. The number of hydrogen-bond donors (Lipinski definition) is 0. The second kappa shape index (κ2) is 13.7. The monoisotopic (exact) mass is 584 g/mol. The molecule has 0 atom stereocenters. The van der Waals surface area contributed by atoms with Crippen LogP contribution in [0, 0.1) is 55.4 Å². The summed E-state index contributed by atoms with van der Waals surface area (Å²) in [5.74, 6) is 0. The van der Waals surface area contributed by atoms with Crippen molar-refractivity contribution in [3.63, 3.8) is 0 Å². The molecule has 0 aliphatic rings. The number of aromatic nitrogens is 2. The average molecular weight is 583 g/mol. The minimum Gasteiger partial charge on any atom is -0.187 e. The molecule has 3 aromatic carbocycles. The van der Waals surface area contributed by atoms with Crippen molar-refractivity contribution in [3.8, 4) is 0 Å². The van der Waals surface area contributed by atoms with Crippen LogP contribution >= 0.6 is 0 Å². The topological polar surface area (TPSA) is 8.81 Å². The van der Waals surface area contributed by atoms with Crippen molar-refractivity contribution in [3.05, 3.63) is 105 Å². The minimum atomic E-state index is -2.17. The summed E-state index contributed by atoms with van der Waals surface area (Å²) in [6.07, 6.45) is 0. The fourth-order valence-corrected chi connectivity index (χ4v) is 14.3. The Morgan fingerprint density at radius 1 is 0.590 bits per heavy atom. The number of rotatable bonds is 5. The number of imidazole rings is 1. The van der Waals surface area contributed by atoms with Crippen molar-refractivity contribution in [1.82, 2.24) is 4.57 Å². The maximum absolute atomic E-state index is 2.67. The third-order valence-corrected chi connectivity index (χ3v) is 14.8. The number of nitrogens with zero attached hydrogens (tertiary/aromatic N) is 2. The summed E-state index contributed by atoms with van der Waals surface area (Å²) in [6.45, 7) is 27.8. The maximum atomic E-state index is 2.67. The molecular formula is C35H51BGeN2. The number of hydrogen-bond acceptors (Lipinski definition) is 0. The van der Waals surface area contributed by atoms with Crippen LogP contribution in [0.3, 0.4) is 0 Å². The van der Waals surface area contributed by atoms with Gasteiger partial charge in [-0.15, -0.1) is 0 Å². The zero-order valence-electron chi connectivity index (χ0n) is 25.8. The molecule has 208 valence electrons. The third-order valence-electron chi connectivity index (χ3n) is 7.48. The van der Waals surface area contributed by atoms with E-state index in [4.69, 9.17) is 0 Å². The van der Waals surface area contributed by atoms with Crippen LogP contribution in [0.1, 0.15) is 84.5 Å². The van der Waals surface area contributed by atoms with Gasteiger partial charge in [-0.3, -0.25) is 0 Å². The molecule has 4 aromatic rings. The molecule has 0 amide bonds. The van der Waals surface area contributed by atoms with Crippen LogP contribution in [-0.4, -0.2) is 27.3 Å². The second-order valence-corrected chi connectivity index (χ2v) is 16.1. The Hall–Kier alpha value is -2.52. The predicted molar refractivity (Wildman–Crippen MR) is 177 cm³/mol. The standard InChI is InChI=1S/C29H42GeN2.C6H6.BH3/c1-17(2)31-25(11)26(12)32(18(3)4)29(31)30(27-21(7)13-19(5)14-22(27)8)28-23(9)15-20(6)16-24(28)10;1-2-4-6-5-3-1;/h13-18H,1-12H3;1-6H;1H3/q+1;;-1. The molecule has 0 spiro atoms. The van der Waals surface area contributed by atoms with Crippen LogP contribution in [0.25, 0.3) is 0 Å².